The Labute approximate surface area is 134 Å². The van der Waals surface area contributed by atoms with Crippen LogP contribution >= 0.6 is 15.9 Å². The summed E-state index contributed by atoms with van der Waals surface area (Å²) in [6.45, 7) is 7.00. The van der Waals surface area contributed by atoms with E-state index < -0.39 is 0 Å². The summed E-state index contributed by atoms with van der Waals surface area (Å²) in [5.74, 6) is -0.165. The van der Waals surface area contributed by atoms with E-state index in [1.54, 1.807) is 12.1 Å². The monoisotopic (exact) mass is 349 g/mol. The van der Waals surface area contributed by atoms with E-state index in [9.17, 15) is 4.39 Å². The van der Waals surface area contributed by atoms with Gasteiger partial charge in [0.15, 0.2) is 0 Å². The van der Waals surface area contributed by atoms with Crippen LogP contribution in [0.3, 0.4) is 0 Å². The van der Waals surface area contributed by atoms with Crippen molar-refractivity contribution in [2.75, 3.05) is 6.54 Å². The third-order valence-corrected chi connectivity index (χ3v) is 4.21. The summed E-state index contributed by atoms with van der Waals surface area (Å²) >= 11 is 3.62. The Kier molecular flexibility index (Phi) is 5.54. The van der Waals surface area contributed by atoms with Crippen LogP contribution in [0.5, 0.6) is 0 Å². The van der Waals surface area contributed by atoms with Crippen molar-refractivity contribution in [3.63, 3.8) is 0 Å². The van der Waals surface area contributed by atoms with E-state index >= 15 is 0 Å². The maximum atomic E-state index is 14.3. The predicted molar refractivity (Wildman–Crippen MR) is 90.2 cm³/mol. The Bertz CT molecular complexity index is 625. The molecule has 0 saturated heterocycles. The Morgan fingerprint density at radius 3 is 2.38 bits per heavy atom. The highest BCUT2D eigenvalue weighted by Gasteiger charge is 2.19. The minimum absolute atomic E-state index is 0.139. The first-order chi connectivity index (χ1) is 10.0. The zero-order valence-electron chi connectivity index (χ0n) is 12.7. The molecule has 0 bridgehead atoms. The number of benzene rings is 2. The van der Waals surface area contributed by atoms with Crippen molar-refractivity contribution in [2.24, 2.45) is 0 Å². The lowest BCUT2D eigenvalue weighted by atomic mass is 9.96. The molecule has 21 heavy (non-hydrogen) atoms. The lowest BCUT2D eigenvalue weighted by Crippen LogP contribution is -2.24. The highest BCUT2D eigenvalue weighted by atomic mass is 79.9. The van der Waals surface area contributed by atoms with Crippen LogP contribution in [0.4, 0.5) is 4.39 Å². The van der Waals surface area contributed by atoms with Gasteiger partial charge >= 0.3 is 0 Å². The van der Waals surface area contributed by atoms with E-state index in [0.717, 1.165) is 28.6 Å². The molecule has 0 aliphatic carbocycles. The fourth-order valence-corrected chi connectivity index (χ4v) is 3.15. The van der Waals surface area contributed by atoms with Crippen molar-refractivity contribution in [3.8, 4) is 0 Å². The normalized spacial score (nSPS) is 12.4. The van der Waals surface area contributed by atoms with E-state index in [1.807, 2.05) is 13.0 Å². The van der Waals surface area contributed by atoms with Crippen molar-refractivity contribution in [1.29, 1.82) is 0 Å². The quantitative estimate of drug-likeness (QED) is 0.772. The second-order valence-electron chi connectivity index (χ2n) is 5.44. The molecule has 0 aliphatic heterocycles. The first-order valence-electron chi connectivity index (χ1n) is 7.28. The second kappa shape index (κ2) is 7.19. The topological polar surface area (TPSA) is 12.0 Å². The zero-order chi connectivity index (χ0) is 15.4. The lowest BCUT2D eigenvalue weighted by molar-refractivity contribution is 0.545. The second-order valence-corrected chi connectivity index (χ2v) is 6.29. The van der Waals surface area contributed by atoms with Gasteiger partial charge in [-0.3, -0.25) is 0 Å². The summed E-state index contributed by atoms with van der Waals surface area (Å²) in [6.07, 6.45) is 1.01. The van der Waals surface area contributed by atoms with Crippen LogP contribution in [-0.4, -0.2) is 6.54 Å². The number of halogens is 2. The Hall–Kier alpha value is -1.19. The Morgan fingerprint density at radius 1 is 1.05 bits per heavy atom. The van der Waals surface area contributed by atoms with Crippen molar-refractivity contribution >= 4 is 15.9 Å². The molecule has 0 spiro atoms. The molecule has 0 amide bonds. The number of hydrogen-bond donors (Lipinski definition) is 1. The molecule has 1 unspecified atom stereocenters. The molecule has 0 aliphatic rings. The fourth-order valence-electron chi connectivity index (χ4n) is 2.43. The first kappa shape index (κ1) is 16.2. The van der Waals surface area contributed by atoms with E-state index in [4.69, 9.17) is 0 Å². The van der Waals surface area contributed by atoms with Crippen LogP contribution in [0.1, 0.15) is 41.6 Å². The lowest BCUT2D eigenvalue weighted by Gasteiger charge is -2.22. The molecule has 0 radical (unpaired) electrons. The highest BCUT2D eigenvalue weighted by molar-refractivity contribution is 9.10. The smallest absolute Gasteiger partial charge is 0.128 e. The molecule has 1 nitrogen and oxygen atoms in total. The molecule has 2 rings (SSSR count). The predicted octanol–water partition coefficient (Wildman–Crippen LogP) is 5.29. The molecular formula is C18H21BrFN. The van der Waals surface area contributed by atoms with Gasteiger partial charge in [-0.05, 0) is 50.1 Å². The average molecular weight is 350 g/mol. The van der Waals surface area contributed by atoms with Gasteiger partial charge in [-0.15, -0.1) is 0 Å². The maximum Gasteiger partial charge on any atom is 0.128 e. The van der Waals surface area contributed by atoms with Crippen molar-refractivity contribution in [3.05, 3.63) is 68.9 Å². The molecule has 0 heterocycles. The van der Waals surface area contributed by atoms with E-state index in [-0.39, 0.29) is 11.9 Å². The van der Waals surface area contributed by atoms with Gasteiger partial charge in [-0.2, -0.15) is 0 Å². The highest BCUT2D eigenvalue weighted by Crippen LogP contribution is 2.31. The van der Waals surface area contributed by atoms with Crippen LogP contribution < -0.4 is 5.32 Å². The van der Waals surface area contributed by atoms with Gasteiger partial charge in [-0.1, -0.05) is 52.7 Å². The summed E-state index contributed by atoms with van der Waals surface area (Å²) in [5, 5.41) is 3.46. The molecule has 0 aromatic heterocycles. The van der Waals surface area contributed by atoms with E-state index in [2.05, 4.69) is 53.3 Å². The summed E-state index contributed by atoms with van der Waals surface area (Å²) in [7, 11) is 0. The number of hydrogen-bond acceptors (Lipinski definition) is 1. The summed E-state index contributed by atoms with van der Waals surface area (Å²) < 4.78 is 15.3. The van der Waals surface area contributed by atoms with E-state index in [1.165, 1.54) is 5.56 Å². The van der Waals surface area contributed by atoms with Gasteiger partial charge < -0.3 is 5.32 Å². The van der Waals surface area contributed by atoms with Gasteiger partial charge in [-0.25, -0.2) is 4.39 Å². The molecule has 0 fully saturated rings. The van der Waals surface area contributed by atoms with Gasteiger partial charge in [0.25, 0.3) is 0 Å². The number of aryl methyl sites for hydroxylation is 2. The van der Waals surface area contributed by atoms with Gasteiger partial charge in [0, 0.05) is 10.0 Å². The summed E-state index contributed by atoms with van der Waals surface area (Å²) in [5.41, 5.74) is 4.02. The minimum Gasteiger partial charge on any atom is -0.306 e. The van der Waals surface area contributed by atoms with Crippen LogP contribution in [0.15, 0.2) is 40.9 Å². The fraction of sp³-hybridized carbons (Fsp3) is 0.333. The Balaban J connectivity index is 2.49. The van der Waals surface area contributed by atoms with Crippen LogP contribution in [0, 0.1) is 19.7 Å². The minimum atomic E-state index is -0.165. The third-order valence-electron chi connectivity index (χ3n) is 3.53. The number of nitrogens with one attached hydrogen (secondary N) is 1. The molecule has 3 heteroatoms. The molecular weight excluding hydrogens is 329 g/mol. The van der Waals surface area contributed by atoms with Gasteiger partial charge in [0.2, 0.25) is 0 Å². The van der Waals surface area contributed by atoms with Gasteiger partial charge in [0.1, 0.15) is 5.82 Å². The maximum absolute atomic E-state index is 14.3. The van der Waals surface area contributed by atoms with Crippen LogP contribution in [-0.2, 0) is 0 Å². The molecule has 2 aromatic rings. The first-order valence-corrected chi connectivity index (χ1v) is 8.07. The summed E-state index contributed by atoms with van der Waals surface area (Å²) in [4.78, 5) is 0. The average Bonchev–Trinajstić information content (AvgIpc) is 2.44. The molecule has 1 N–H and O–H groups in total. The molecule has 2 aromatic carbocycles. The van der Waals surface area contributed by atoms with E-state index in [0.29, 0.717) is 5.56 Å². The van der Waals surface area contributed by atoms with Crippen molar-refractivity contribution in [1.82, 2.24) is 5.32 Å². The zero-order valence-corrected chi connectivity index (χ0v) is 14.3. The SMILES string of the molecule is CCCNC(c1cc(C)ccc1F)c1ccc(C)cc1Br. The molecule has 112 valence electrons. The summed E-state index contributed by atoms with van der Waals surface area (Å²) in [6, 6.07) is 11.3. The largest absolute Gasteiger partial charge is 0.306 e. The molecule has 0 saturated carbocycles. The van der Waals surface area contributed by atoms with Crippen LogP contribution in [0.25, 0.3) is 0 Å². The third kappa shape index (κ3) is 3.92. The van der Waals surface area contributed by atoms with Crippen molar-refractivity contribution in [2.45, 2.75) is 33.2 Å². The van der Waals surface area contributed by atoms with Crippen LogP contribution in [0.2, 0.25) is 0 Å². The molecule has 1 atom stereocenters. The van der Waals surface area contributed by atoms with Gasteiger partial charge in [0.05, 0.1) is 6.04 Å². The number of rotatable bonds is 5. The standard InChI is InChI=1S/C18H21BrFN/c1-4-9-21-18(14-7-5-13(3)11-16(14)19)15-10-12(2)6-8-17(15)20/h5-8,10-11,18,21H,4,9H2,1-3H3. The Morgan fingerprint density at radius 2 is 1.71 bits per heavy atom. The van der Waals surface area contributed by atoms with Crippen molar-refractivity contribution < 1.29 is 4.39 Å².